The molecule has 1 heterocycles. The largest absolute Gasteiger partial charge is 0.416 e. The quantitative estimate of drug-likeness (QED) is 0.911. The third-order valence-corrected chi connectivity index (χ3v) is 3.38. The number of nitrogens with zero attached hydrogens (tertiary/aromatic N) is 1. The van der Waals surface area contributed by atoms with Gasteiger partial charge in [-0.2, -0.15) is 13.2 Å². The maximum atomic E-state index is 12.6. The minimum absolute atomic E-state index is 0.0301. The van der Waals surface area contributed by atoms with Crippen LogP contribution in [-0.4, -0.2) is 10.9 Å². The van der Waals surface area contributed by atoms with E-state index in [1.807, 2.05) is 0 Å². The second-order valence-electron chi connectivity index (χ2n) is 4.33. The van der Waals surface area contributed by atoms with E-state index in [4.69, 9.17) is 5.73 Å². The number of carbonyl (C=O) groups is 1. The van der Waals surface area contributed by atoms with Crippen molar-refractivity contribution < 1.29 is 18.0 Å². The van der Waals surface area contributed by atoms with Crippen molar-refractivity contribution in [3.63, 3.8) is 0 Å². The molecule has 1 aromatic heterocycles. The summed E-state index contributed by atoms with van der Waals surface area (Å²) in [4.78, 5) is 15.6. The molecule has 0 spiro atoms. The van der Waals surface area contributed by atoms with Crippen LogP contribution < -0.4 is 11.1 Å². The van der Waals surface area contributed by atoms with Crippen LogP contribution in [0.4, 0.5) is 18.3 Å². The van der Waals surface area contributed by atoms with Crippen LogP contribution in [0.25, 0.3) is 0 Å². The molecule has 0 saturated carbocycles. The van der Waals surface area contributed by atoms with Crippen molar-refractivity contribution in [1.29, 1.82) is 0 Å². The molecule has 2 aromatic rings. The molecule has 0 aliphatic rings. The average Bonchev–Trinajstić information content (AvgIpc) is 2.81. The number of nitrogens with one attached hydrogen (secondary N) is 1. The number of anilines is 1. The molecule has 0 aliphatic carbocycles. The summed E-state index contributed by atoms with van der Waals surface area (Å²) in [6.45, 7) is 0.0301. The highest BCUT2D eigenvalue weighted by molar-refractivity contribution is 7.13. The third-order valence-electron chi connectivity index (χ3n) is 2.66. The van der Waals surface area contributed by atoms with E-state index in [0.29, 0.717) is 16.4 Å². The van der Waals surface area contributed by atoms with E-state index in [1.165, 1.54) is 23.5 Å². The maximum Gasteiger partial charge on any atom is 0.416 e. The molecule has 4 nitrogen and oxygen atoms in total. The molecule has 8 heteroatoms. The number of carbonyl (C=O) groups excluding carboxylic acids is 1. The number of aromatic nitrogens is 1. The highest BCUT2D eigenvalue weighted by atomic mass is 32.1. The predicted octanol–water partition coefficient (Wildman–Crippen LogP) is 2.60. The molecule has 0 bridgehead atoms. The number of rotatable bonds is 4. The van der Waals surface area contributed by atoms with Crippen molar-refractivity contribution in [2.24, 2.45) is 0 Å². The Kier molecular flexibility index (Phi) is 4.46. The summed E-state index contributed by atoms with van der Waals surface area (Å²) in [5.74, 6) is -0.322. The lowest BCUT2D eigenvalue weighted by atomic mass is 10.1. The number of benzene rings is 1. The average molecular weight is 315 g/mol. The molecular weight excluding hydrogens is 303 g/mol. The van der Waals surface area contributed by atoms with Crippen molar-refractivity contribution in [3.8, 4) is 0 Å². The standard InChI is InChI=1S/C13H12F3N3OS/c14-13(15,16)9-3-1-2-8(4-9)6-18-11(20)5-10-7-21-12(17)19-10/h1-4,7H,5-6H2,(H2,17,19)(H,18,20). The summed E-state index contributed by atoms with van der Waals surface area (Å²) in [5.41, 5.74) is 5.64. The van der Waals surface area contributed by atoms with Gasteiger partial charge in [-0.15, -0.1) is 11.3 Å². The molecule has 2 rings (SSSR count). The van der Waals surface area contributed by atoms with Crippen LogP contribution in [0.3, 0.4) is 0 Å². The molecule has 1 aromatic carbocycles. The van der Waals surface area contributed by atoms with E-state index >= 15 is 0 Å². The van der Waals surface area contributed by atoms with E-state index in [2.05, 4.69) is 10.3 Å². The first kappa shape index (κ1) is 15.3. The van der Waals surface area contributed by atoms with Crippen LogP contribution in [0.15, 0.2) is 29.6 Å². The molecule has 0 saturated heterocycles. The molecule has 3 N–H and O–H groups in total. The number of amides is 1. The number of nitrogens with two attached hydrogens (primary N) is 1. The molecular formula is C13H12F3N3OS. The zero-order valence-corrected chi connectivity index (χ0v) is 11.6. The first-order valence-electron chi connectivity index (χ1n) is 5.97. The van der Waals surface area contributed by atoms with Crippen molar-refractivity contribution in [2.45, 2.75) is 19.1 Å². The Bertz CT molecular complexity index is 640. The van der Waals surface area contributed by atoms with Gasteiger partial charge in [0.25, 0.3) is 0 Å². The fraction of sp³-hybridized carbons (Fsp3) is 0.231. The molecule has 0 fully saturated rings. The predicted molar refractivity (Wildman–Crippen MR) is 73.5 cm³/mol. The zero-order valence-electron chi connectivity index (χ0n) is 10.8. The smallest absolute Gasteiger partial charge is 0.375 e. The van der Waals surface area contributed by atoms with Gasteiger partial charge in [0.2, 0.25) is 5.91 Å². The summed E-state index contributed by atoms with van der Waals surface area (Å²) in [7, 11) is 0. The fourth-order valence-corrected chi connectivity index (χ4v) is 2.25. The van der Waals surface area contributed by atoms with E-state index in [-0.39, 0.29) is 18.9 Å². The van der Waals surface area contributed by atoms with E-state index in [9.17, 15) is 18.0 Å². The number of thiazole rings is 1. The number of halogens is 3. The third kappa shape index (κ3) is 4.45. The molecule has 0 unspecified atom stereocenters. The van der Waals surface area contributed by atoms with Crippen molar-refractivity contribution in [2.75, 3.05) is 5.73 Å². The van der Waals surface area contributed by atoms with Gasteiger partial charge in [-0.25, -0.2) is 4.98 Å². The Labute approximate surface area is 122 Å². The number of alkyl halides is 3. The highest BCUT2D eigenvalue weighted by Crippen LogP contribution is 2.29. The van der Waals surface area contributed by atoms with Gasteiger partial charge in [0.1, 0.15) is 0 Å². The molecule has 0 atom stereocenters. The van der Waals surface area contributed by atoms with Gasteiger partial charge in [-0.05, 0) is 17.7 Å². The van der Waals surface area contributed by atoms with Crippen LogP contribution in [0.2, 0.25) is 0 Å². The first-order valence-corrected chi connectivity index (χ1v) is 6.85. The molecule has 112 valence electrons. The summed E-state index contributed by atoms with van der Waals surface area (Å²) >= 11 is 1.23. The van der Waals surface area contributed by atoms with E-state index < -0.39 is 11.7 Å². The molecule has 1 amide bonds. The van der Waals surface area contributed by atoms with Crippen LogP contribution in [-0.2, 0) is 23.9 Å². The Morgan fingerprint density at radius 1 is 1.38 bits per heavy atom. The minimum Gasteiger partial charge on any atom is -0.375 e. The van der Waals surface area contributed by atoms with Crippen LogP contribution >= 0.6 is 11.3 Å². The zero-order chi connectivity index (χ0) is 15.5. The lowest BCUT2D eigenvalue weighted by Gasteiger charge is -2.09. The summed E-state index contributed by atoms with van der Waals surface area (Å²) < 4.78 is 37.7. The molecule has 0 radical (unpaired) electrons. The Morgan fingerprint density at radius 2 is 2.14 bits per heavy atom. The number of hydrogen-bond acceptors (Lipinski definition) is 4. The second-order valence-corrected chi connectivity index (χ2v) is 5.22. The topological polar surface area (TPSA) is 68.0 Å². The van der Waals surface area contributed by atoms with Gasteiger partial charge in [0.05, 0.1) is 17.7 Å². The lowest BCUT2D eigenvalue weighted by molar-refractivity contribution is -0.137. The maximum absolute atomic E-state index is 12.6. The molecule has 0 aliphatic heterocycles. The van der Waals surface area contributed by atoms with Crippen molar-refractivity contribution in [3.05, 3.63) is 46.5 Å². The van der Waals surface area contributed by atoms with Gasteiger partial charge in [-0.3, -0.25) is 4.79 Å². The van der Waals surface area contributed by atoms with Crippen molar-refractivity contribution in [1.82, 2.24) is 10.3 Å². The van der Waals surface area contributed by atoms with Gasteiger partial charge in [0.15, 0.2) is 5.13 Å². The van der Waals surface area contributed by atoms with Gasteiger partial charge >= 0.3 is 6.18 Å². The second kappa shape index (κ2) is 6.13. The van der Waals surface area contributed by atoms with Gasteiger partial charge in [0, 0.05) is 11.9 Å². The Hall–Kier alpha value is -2.09. The van der Waals surface area contributed by atoms with E-state index in [0.717, 1.165) is 12.1 Å². The van der Waals surface area contributed by atoms with Gasteiger partial charge in [-0.1, -0.05) is 12.1 Å². The lowest BCUT2D eigenvalue weighted by Crippen LogP contribution is -2.24. The SMILES string of the molecule is Nc1nc(CC(=O)NCc2cccc(C(F)(F)F)c2)cs1. The fourth-order valence-electron chi connectivity index (χ4n) is 1.69. The van der Waals surface area contributed by atoms with Crippen LogP contribution in [0.5, 0.6) is 0 Å². The normalized spacial score (nSPS) is 11.4. The highest BCUT2D eigenvalue weighted by Gasteiger charge is 2.30. The van der Waals surface area contributed by atoms with Gasteiger partial charge < -0.3 is 11.1 Å². The first-order chi connectivity index (χ1) is 9.84. The monoisotopic (exact) mass is 315 g/mol. The van der Waals surface area contributed by atoms with Crippen LogP contribution in [0, 0.1) is 0 Å². The summed E-state index contributed by atoms with van der Waals surface area (Å²) in [6.07, 6.45) is -4.34. The molecule has 21 heavy (non-hydrogen) atoms. The summed E-state index contributed by atoms with van der Waals surface area (Å²) in [5, 5.41) is 4.59. The van der Waals surface area contributed by atoms with Crippen molar-refractivity contribution >= 4 is 22.4 Å². The minimum atomic E-state index is -4.39. The summed E-state index contributed by atoms with van der Waals surface area (Å²) in [6, 6.07) is 4.84. The van der Waals surface area contributed by atoms with E-state index in [1.54, 1.807) is 5.38 Å². The number of nitrogen functional groups attached to an aromatic ring is 1. The number of hydrogen-bond donors (Lipinski definition) is 2. The Morgan fingerprint density at radius 3 is 2.76 bits per heavy atom. The van der Waals surface area contributed by atoms with Crippen LogP contribution in [0.1, 0.15) is 16.8 Å². The Balaban J connectivity index is 1.92.